The molecule has 0 saturated heterocycles. The molecule has 1 aliphatic rings. The molecule has 10 heteroatoms. The fourth-order valence-electron chi connectivity index (χ4n) is 3.69. The third-order valence-corrected chi connectivity index (χ3v) is 5.04. The van der Waals surface area contributed by atoms with E-state index in [1.807, 2.05) is 6.92 Å². The van der Waals surface area contributed by atoms with Crippen LogP contribution in [-0.2, 0) is 5.54 Å². The Morgan fingerprint density at radius 1 is 1.41 bits per heavy atom. The molecule has 0 bridgehead atoms. The van der Waals surface area contributed by atoms with Gasteiger partial charge in [-0.1, -0.05) is 20.3 Å². The maximum absolute atomic E-state index is 14.5. The van der Waals surface area contributed by atoms with Crippen LogP contribution in [0.5, 0.6) is 5.75 Å². The summed E-state index contributed by atoms with van der Waals surface area (Å²) < 4.78 is 35.5. The van der Waals surface area contributed by atoms with Gasteiger partial charge in [0.15, 0.2) is 5.75 Å². The van der Waals surface area contributed by atoms with Crippen LogP contribution in [0.3, 0.4) is 0 Å². The molecular weight excluding hydrogens is 366 g/mol. The molecule has 2 aromatic rings. The number of hydrogen-bond acceptors (Lipinski definition) is 5. The molecule has 27 heavy (non-hydrogen) atoms. The first-order chi connectivity index (χ1) is 12.7. The monoisotopic (exact) mass is 382 g/mol. The van der Waals surface area contributed by atoms with Crippen LogP contribution in [0.1, 0.15) is 43.5 Å². The van der Waals surface area contributed by atoms with Crippen molar-refractivity contribution in [3.63, 3.8) is 0 Å². The highest BCUT2D eigenvalue weighted by atomic mass is 19.2. The highest BCUT2D eigenvalue weighted by Crippen LogP contribution is 2.44. The molecule has 8 nitrogen and oxygen atoms in total. The molecule has 144 valence electrons. The number of carboxylic acid groups (broad SMARTS) is 1. The first kappa shape index (κ1) is 18.7. The summed E-state index contributed by atoms with van der Waals surface area (Å²) in [5, 5.41) is 19.9. The van der Waals surface area contributed by atoms with E-state index >= 15 is 0 Å². The summed E-state index contributed by atoms with van der Waals surface area (Å²) in [6.45, 7) is 3.58. The Kier molecular flexibility index (Phi) is 4.37. The molecule has 1 atom stereocenters. The first-order valence-electron chi connectivity index (χ1n) is 8.31. The second kappa shape index (κ2) is 6.29. The Labute approximate surface area is 151 Å². The minimum absolute atomic E-state index is 0.0878. The SMILES string of the molecule is CCCC1(CC)COc2c(F)c(F)c([N+](=O)[O-])c3c(=O)c(C(=O)O)cn1c23. The first-order valence-corrected chi connectivity index (χ1v) is 8.31. The lowest BCUT2D eigenvalue weighted by molar-refractivity contribution is -0.386. The molecule has 3 rings (SSSR count). The number of nitro benzene ring substituents is 1. The quantitative estimate of drug-likeness (QED) is 0.628. The van der Waals surface area contributed by atoms with Crippen LogP contribution in [0, 0.1) is 21.7 Å². The van der Waals surface area contributed by atoms with Crippen LogP contribution in [0.2, 0.25) is 0 Å². The third-order valence-electron chi connectivity index (χ3n) is 5.04. The van der Waals surface area contributed by atoms with Crippen molar-refractivity contribution < 1.29 is 28.3 Å². The highest BCUT2D eigenvalue weighted by Gasteiger charge is 2.42. The van der Waals surface area contributed by atoms with Crippen molar-refractivity contribution in [3.8, 4) is 5.75 Å². The van der Waals surface area contributed by atoms with Gasteiger partial charge in [0.25, 0.3) is 0 Å². The van der Waals surface area contributed by atoms with Gasteiger partial charge >= 0.3 is 11.7 Å². The number of pyridine rings is 1. The van der Waals surface area contributed by atoms with Gasteiger partial charge in [0, 0.05) is 6.20 Å². The topological polar surface area (TPSA) is 112 Å². The van der Waals surface area contributed by atoms with E-state index in [4.69, 9.17) is 4.74 Å². The van der Waals surface area contributed by atoms with E-state index in [0.29, 0.717) is 19.3 Å². The molecule has 1 aliphatic heterocycles. The van der Waals surface area contributed by atoms with E-state index in [9.17, 15) is 33.6 Å². The standard InChI is InChI=1S/C17H16F2N2O6/c1-3-5-17(4-2)7-27-15-11(19)10(18)12(21(25)26)9-13(15)20(17)6-8(14(9)22)16(23)24/h6H,3-5,7H2,1-2H3,(H,23,24). The van der Waals surface area contributed by atoms with Gasteiger partial charge in [-0.3, -0.25) is 14.9 Å². The van der Waals surface area contributed by atoms with Crippen LogP contribution in [0.4, 0.5) is 14.5 Å². The fourth-order valence-corrected chi connectivity index (χ4v) is 3.69. The molecule has 1 aromatic heterocycles. The number of ether oxygens (including phenoxy) is 1. The number of hydrogen-bond donors (Lipinski definition) is 1. The number of carbonyl (C=O) groups is 1. The lowest BCUT2D eigenvalue weighted by Gasteiger charge is -2.40. The molecule has 0 spiro atoms. The zero-order valence-corrected chi connectivity index (χ0v) is 14.5. The zero-order valence-electron chi connectivity index (χ0n) is 14.5. The number of aromatic nitrogens is 1. The third kappa shape index (κ3) is 2.47. The molecular formula is C17H16F2N2O6. The molecule has 1 unspecified atom stereocenters. The summed E-state index contributed by atoms with van der Waals surface area (Å²) in [6, 6.07) is 0. The largest absolute Gasteiger partial charge is 0.486 e. The van der Waals surface area contributed by atoms with Crippen molar-refractivity contribution >= 4 is 22.6 Å². The van der Waals surface area contributed by atoms with Crippen molar-refractivity contribution in [2.24, 2.45) is 0 Å². The minimum atomic E-state index is -1.85. The highest BCUT2D eigenvalue weighted by molar-refractivity contribution is 5.99. The average Bonchev–Trinajstić information content (AvgIpc) is 2.61. The van der Waals surface area contributed by atoms with Crippen LogP contribution in [0.25, 0.3) is 10.9 Å². The summed E-state index contributed by atoms with van der Waals surface area (Å²) >= 11 is 0. The number of carboxylic acids is 1. The maximum atomic E-state index is 14.5. The second-order valence-corrected chi connectivity index (χ2v) is 6.45. The smallest absolute Gasteiger partial charge is 0.341 e. The summed E-state index contributed by atoms with van der Waals surface area (Å²) in [7, 11) is 0. The molecule has 0 aliphatic carbocycles. The Morgan fingerprint density at radius 2 is 2.07 bits per heavy atom. The van der Waals surface area contributed by atoms with Crippen LogP contribution in [-0.4, -0.2) is 27.2 Å². The van der Waals surface area contributed by atoms with Gasteiger partial charge in [-0.25, -0.2) is 4.79 Å². The maximum Gasteiger partial charge on any atom is 0.341 e. The lowest BCUT2D eigenvalue weighted by atomic mass is 9.88. The number of halogens is 2. The number of rotatable bonds is 5. The number of aromatic carboxylic acids is 1. The van der Waals surface area contributed by atoms with Crippen molar-refractivity contribution in [2.45, 2.75) is 38.6 Å². The van der Waals surface area contributed by atoms with Crippen molar-refractivity contribution in [2.75, 3.05) is 6.61 Å². The van der Waals surface area contributed by atoms with Gasteiger partial charge in [0.2, 0.25) is 17.1 Å². The molecule has 1 N–H and O–H groups in total. The average molecular weight is 382 g/mol. The van der Waals surface area contributed by atoms with Gasteiger partial charge in [-0.15, -0.1) is 0 Å². The summed E-state index contributed by atoms with van der Waals surface area (Å²) in [4.78, 5) is 34.3. The van der Waals surface area contributed by atoms with Crippen molar-refractivity contribution in [1.29, 1.82) is 0 Å². The Hall–Kier alpha value is -3.04. The Morgan fingerprint density at radius 3 is 2.59 bits per heavy atom. The Bertz CT molecular complexity index is 1050. The number of benzene rings is 1. The van der Waals surface area contributed by atoms with Crippen molar-refractivity contribution in [3.05, 3.63) is 43.7 Å². The van der Waals surface area contributed by atoms with E-state index in [-0.39, 0.29) is 12.1 Å². The van der Waals surface area contributed by atoms with E-state index in [2.05, 4.69) is 0 Å². The van der Waals surface area contributed by atoms with Crippen LogP contribution < -0.4 is 10.2 Å². The van der Waals surface area contributed by atoms with Crippen LogP contribution >= 0.6 is 0 Å². The summed E-state index contributed by atoms with van der Waals surface area (Å²) in [6.07, 6.45) is 2.59. The van der Waals surface area contributed by atoms with E-state index in [1.165, 1.54) is 4.57 Å². The summed E-state index contributed by atoms with van der Waals surface area (Å²) in [5.74, 6) is -5.67. The molecule has 0 radical (unpaired) electrons. The zero-order chi connectivity index (χ0) is 20.1. The summed E-state index contributed by atoms with van der Waals surface area (Å²) in [5.41, 5.74) is -4.54. The van der Waals surface area contributed by atoms with Gasteiger partial charge in [0.1, 0.15) is 23.1 Å². The predicted molar refractivity (Wildman–Crippen MR) is 90.4 cm³/mol. The fraction of sp³-hybridized carbons (Fsp3) is 0.412. The van der Waals surface area contributed by atoms with E-state index < -0.39 is 55.9 Å². The number of nitrogens with zero attached hydrogens (tertiary/aromatic N) is 2. The van der Waals surface area contributed by atoms with Gasteiger partial charge in [-0.2, -0.15) is 8.78 Å². The second-order valence-electron chi connectivity index (χ2n) is 6.45. The number of nitro groups is 1. The molecule has 2 heterocycles. The molecule has 0 saturated carbocycles. The van der Waals surface area contributed by atoms with E-state index in [0.717, 1.165) is 6.20 Å². The van der Waals surface area contributed by atoms with Crippen LogP contribution in [0.15, 0.2) is 11.0 Å². The van der Waals surface area contributed by atoms with Gasteiger partial charge in [-0.05, 0) is 12.8 Å². The minimum Gasteiger partial charge on any atom is -0.486 e. The van der Waals surface area contributed by atoms with E-state index in [1.54, 1.807) is 6.92 Å². The molecule has 0 amide bonds. The Balaban J connectivity index is 2.65. The molecule has 0 fully saturated rings. The predicted octanol–water partition coefficient (Wildman–Crippen LogP) is 3.18. The van der Waals surface area contributed by atoms with Gasteiger partial charge in [0.05, 0.1) is 10.5 Å². The van der Waals surface area contributed by atoms with Crippen molar-refractivity contribution in [1.82, 2.24) is 4.57 Å². The molecule has 1 aromatic carbocycles. The lowest BCUT2D eigenvalue weighted by Crippen LogP contribution is -2.43. The van der Waals surface area contributed by atoms with Gasteiger partial charge < -0.3 is 14.4 Å². The normalized spacial score (nSPS) is 18.4.